The van der Waals surface area contributed by atoms with E-state index in [1.54, 1.807) is 6.08 Å². The third kappa shape index (κ3) is 1.03. The summed E-state index contributed by atoms with van der Waals surface area (Å²) in [5, 5.41) is 0. The zero-order chi connectivity index (χ0) is 9.47. The highest BCUT2D eigenvalue weighted by molar-refractivity contribution is 5.65. The van der Waals surface area contributed by atoms with E-state index in [0.717, 1.165) is 6.29 Å². The van der Waals surface area contributed by atoms with Gasteiger partial charge in [-0.25, -0.2) is 0 Å². The second-order valence-corrected chi connectivity index (χ2v) is 4.14. The molecule has 0 saturated heterocycles. The van der Waals surface area contributed by atoms with Crippen molar-refractivity contribution in [1.29, 1.82) is 0 Å². The van der Waals surface area contributed by atoms with E-state index in [0.29, 0.717) is 11.8 Å². The van der Waals surface area contributed by atoms with Crippen LogP contribution in [0.15, 0.2) is 36.5 Å². The maximum atomic E-state index is 10.3. The predicted octanol–water partition coefficient (Wildman–Crippen LogP) is 2.51. The van der Waals surface area contributed by atoms with Gasteiger partial charge in [-0.05, 0) is 24.3 Å². The average Bonchev–Trinajstić information content (AvgIpc) is 2.68. The predicted molar refractivity (Wildman–Crippen MR) is 53.2 cm³/mol. The molecule has 1 saturated carbocycles. The van der Waals surface area contributed by atoms with Crippen molar-refractivity contribution in [2.75, 3.05) is 0 Å². The summed E-state index contributed by atoms with van der Waals surface area (Å²) in [4.78, 5) is 10.3. The Kier molecular flexibility index (Phi) is 1.76. The first-order chi connectivity index (χ1) is 6.18. The summed E-state index contributed by atoms with van der Waals surface area (Å²) < 4.78 is 0. The first-order valence-electron chi connectivity index (χ1n) is 4.69. The molecule has 0 spiro atoms. The summed E-state index contributed by atoms with van der Waals surface area (Å²) in [7, 11) is 0. The molecule has 0 heterocycles. The number of carbonyl (C=O) groups is 1. The summed E-state index contributed by atoms with van der Waals surface area (Å²) in [6.07, 6.45) is 10.1. The molecule has 2 bridgehead atoms. The fourth-order valence-corrected chi connectivity index (χ4v) is 2.51. The van der Waals surface area contributed by atoms with Crippen molar-refractivity contribution in [2.24, 2.45) is 17.3 Å². The summed E-state index contributed by atoms with van der Waals surface area (Å²) in [5.41, 5.74) is 1.29. The SMILES string of the molecule is C=C1C2C=CC(C2)C1(C)C=CC=O. The van der Waals surface area contributed by atoms with Crippen molar-refractivity contribution in [3.63, 3.8) is 0 Å². The molecule has 0 aromatic rings. The van der Waals surface area contributed by atoms with Crippen LogP contribution in [0, 0.1) is 17.3 Å². The number of allylic oxidation sites excluding steroid dienone is 5. The molecule has 1 fully saturated rings. The topological polar surface area (TPSA) is 17.1 Å². The van der Waals surface area contributed by atoms with Crippen LogP contribution in [-0.4, -0.2) is 6.29 Å². The van der Waals surface area contributed by atoms with Crippen LogP contribution in [0.3, 0.4) is 0 Å². The molecule has 0 aromatic carbocycles. The molecule has 2 aliphatic rings. The molecule has 3 atom stereocenters. The minimum atomic E-state index is 0.0281. The van der Waals surface area contributed by atoms with Gasteiger partial charge in [0.15, 0.2) is 0 Å². The van der Waals surface area contributed by atoms with E-state index in [1.165, 1.54) is 12.0 Å². The van der Waals surface area contributed by atoms with Gasteiger partial charge in [0.05, 0.1) is 0 Å². The van der Waals surface area contributed by atoms with Crippen molar-refractivity contribution >= 4 is 6.29 Å². The maximum absolute atomic E-state index is 10.3. The van der Waals surface area contributed by atoms with E-state index in [4.69, 9.17) is 0 Å². The van der Waals surface area contributed by atoms with Crippen LogP contribution in [0.2, 0.25) is 0 Å². The molecule has 2 rings (SSSR count). The highest BCUT2D eigenvalue weighted by Crippen LogP contribution is 2.55. The summed E-state index contributed by atoms with van der Waals surface area (Å²) in [6.45, 7) is 6.29. The number of fused-ring (bicyclic) bond motifs is 2. The zero-order valence-electron chi connectivity index (χ0n) is 7.86. The molecule has 0 N–H and O–H groups in total. The van der Waals surface area contributed by atoms with E-state index in [2.05, 4.69) is 25.7 Å². The maximum Gasteiger partial charge on any atom is 0.142 e. The Balaban J connectivity index is 2.33. The molecule has 0 aromatic heterocycles. The van der Waals surface area contributed by atoms with Gasteiger partial charge in [0, 0.05) is 5.41 Å². The molecule has 0 radical (unpaired) electrons. The lowest BCUT2D eigenvalue weighted by Gasteiger charge is -2.29. The second kappa shape index (κ2) is 2.69. The van der Waals surface area contributed by atoms with E-state index < -0.39 is 0 Å². The van der Waals surface area contributed by atoms with Crippen molar-refractivity contribution in [1.82, 2.24) is 0 Å². The van der Waals surface area contributed by atoms with Gasteiger partial charge in [-0.1, -0.05) is 37.3 Å². The van der Waals surface area contributed by atoms with Gasteiger partial charge in [0.25, 0.3) is 0 Å². The van der Waals surface area contributed by atoms with Crippen LogP contribution in [0.1, 0.15) is 13.3 Å². The smallest absolute Gasteiger partial charge is 0.142 e. The lowest BCUT2D eigenvalue weighted by atomic mass is 9.74. The van der Waals surface area contributed by atoms with Gasteiger partial charge in [-0.3, -0.25) is 4.79 Å². The van der Waals surface area contributed by atoms with E-state index in [9.17, 15) is 4.79 Å². The normalized spacial score (nSPS) is 42.1. The summed E-state index contributed by atoms with van der Waals surface area (Å²) >= 11 is 0. The average molecular weight is 174 g/mol. The quantitative estimate of drug-likeness (QED) is 0.357. The minimum absolute atomic E-state index is 0.0281. The van der Waals surface area contributed by atoms with Gasteiger partial charge in [0.2, 0.25) is 0 Å². The Bertz CT molecular complexity index is 311. The Morgan fingerprint density at radius 1 is 1.62 bits per heavy atom. The van der Waals surface area contributed by atoms with Gasteiger partial charge in [-0.2, -0.15) is 0 Å². The molecule has 13 heavy (non-hydrogen) atoms. The molecule has 3 unspecified atom stereocenters. The Hall–Kier alpha value is -1.11. The van der Waals surface area contributed by atoms with Crippen LogP contribution in [-0.2, 0) is 4.79 Å². The van der Waals surface area contributed by atoms with Crippen molar-refractivity contribution in [3.8, 4) is 0 Å². The largest absolute Gasteiger partial charge is 0.299 e. The second-order valence-electron chi connectivity index (χ2n) is 4.14. The van der Waals surface area contributed by atoms with Crippen LogP contribution in [0.5, 0.6) is 0 Å². The molecule has 0 aliphatic heterocycles. The monoisotopic (exact) mass is 174 g/mol. The minimum Gasteiger partial charge on any atom is -0.299 e. The van der Waals surface area contributed by atoms with Gasteiger partial charge in [0.1, 0.15) is 6.29 Å². The van der Waals surface area contributed by atoms with Crippen molar-refractivity contribution < 1.29 is 4.79 Å². The standard InChI is InChI=1S/C12H14O/c1-9-10-4-5-11(8-10)12(9,2)6-3-7-13/h3-7,10-11H,1,8H2,2H3. The van der Waals surface area contributed by atoms with Crippen LogP contribution in [0.4, 0.5) is 0 Å². The van der Waals surface area contributed by atoms with E-state index in [-0.39, 0.29) is 5.41 Å². The number of hydrogen-bond acceptors (Lipinski definition) is 1. The highest BCUT2D eigenvalue weighted by Gasteiger charge is 2.46. The van der Waals surface area contributed by atoms with Gasteiger partial charge >= 0.3 is 0 Å². The summed E-state index contributed by atoms with van der Waals surface area (Å²) in [6, 6.07) is 0. The number of rotatable bonds is 2. The fraction of sp³-hybridized carbons (Fsp3) is 0.417. The third-order valence-corrected chi connectivity index (χ3v) is 3.51. The first-order valence-corrected chi connectivity index (χ1v) is 4.69. The summed E-state index contributed by atoms with van der Waals surface area (Å²) in [5.74, 6) is 1.10. The lowest BCUT2D eigenvalue weighted by molar-refractivity contribution is -0.104. The highest BCUT2D eigenvalue weighted by atomic mass is 16.1. The number of hydrogen-bond donors (Lipinski definition) is 0. The third-order valence-electron chi connectivity index (χ3n) is 3.51. The van der Waals surface area contributed by atoms with Crippen molar-refractivity contribution in [2.45, 2.75) is 13.3 Å². The van der Waals surface area contributed by atoms with Crippen molar-refractivity contribution in [3.05, 3.63) is 36.5 Å². The molecule has 1 heteroatoms. The van der Waals surface area contributed by atoms with Crippen LogP contribution >= 0.6 is 0 Å². The van der Waals surface area contributed by atoms with Gasteiger partial charge < -0.3 is 0 Å². The molecule has 2 aliphatic carbocycles. The molecule has 68 valence electrons. The molecule has 0 amide bonds. The lowest BCUT2D eigenvalue weighted by Crippen LogP contribution is -2.21. The van der Waals surface area contributed by atoms with E-state index >= 15 is 0 Å². The van der Waals surface area contributed by atoms with Gasteiger partial charge in [-0.15, -0.1) is 0 Å². The van der Waals surface area contributed by atoms with Crippen LogP contribution < -0.4 is 0 Å². The Morgan fingerprint density at radius 2 is 2.38 bits per heavy atom. The Morgan fingerprint density at radius 3 is 2.92 bits per heavy atom. The Labute approximate surface area is 78.8 Å². The first kappa shape index (κ1) is 8.49. The molecular weight excluding hydrogens is 160 g/mol. The van der Waals surface area contributed by atoms with Crippen LogP contribution in [0.25, 0.3) is 0 Å². The number of aldehydes is 1. The zero-order valence-corrected chi connectivity index (χ0v) is 7.86. The fourth-order valence-electron chi connectivity index (χ4n) is 2.51. The molecule has 1 nitrogen and oxygen atoms in total. The number of carbonyl (C=O) groups excluding carboxylic acids is 1. The van der Waals surface area contributed by atoms with E-state index in [1.807, 2.05) is 6.08 Å². The molecular formula is C12H14O.